The van der Waals surface area contributed by atoms with Gasteiger partial charge < -0.3 is 24.4 Å². The zero-order chi connectivity index (χ0) is 27.3. The van der Waals surface area contributed by atoms with E-state index in [0.717, 1.165) is 18.4 Å². The number of amides is 2. The van der Waals surface area contributed by atoms with Gasteiger partial charge in [-0.3, -0.25) is 9.59 Å². The molecule has 8 heteroatoms. The molecule has 0 unspecified atom stereocenters. The van der Waals surface area contributed by atoms with Gasteiger partial charge in [0.15, 0.2) is 6.61 Å². The first-order valence-electron chi connectivity index (χ1n) is 12.6. The Hall–Kier alpha value is -4.07. The second-order valence-electron chi connectivity index (χ2n) is 8.84. The van der Waals surface area contributed by atoms with Crippen molar-refractivity contribution in [3.05, 3.63) is 89.7 Å². The Labute approximate surface area is 223 Å². The summed E-state index contributed by atoms with van der Waals surface area (Å²) in [5, 5.41) is 2.97. The number of methoxy groups -OCH3 is 2. The SMILES string of the molecule is CCCCNC(=O)[C@H](Cc1ccccc1)N(Cc1ccc(F)cc1)C(=O)COc1cc(OC)cc(OC)c1. The molecule has 0 spiro atoms. The monoisotopic (exact) mass is 522 g/mol. The maximum Gasteiger partial charge on any atom is 0.261 e. The maximum atomic E-state index is 13.6. The molecule has 7 nitrogen and oxygen atoms in total. The normalized spacial score (nSPS) is 11.4. The molecule has 0 radical (unpaired) electrons. The second kappa shape index (κ2) is 14.6. The largest absolute Gasteiger partial charge is 0.496 e. The van der Waals surface area contributed by atoms with E-state index in [9.17, 15) is 14.0 Å². The molecule has 202 valence electrons. The zero-order valence-electron chi connectivity index (χ0n) is 22.1. The van der Waals surface area contributed by atoms with Crippen LogP contribution in [0.5, 0.6) is 17.2 Å². The molecule has 1 N–H and O–H groups in total. The van der Waals surface area contributed by atoms with Gasteiger partial charge in [-0.15, -0.1) is 0 Å². The van der Waals surface area contributed by atoms with Gasteiger partial charge in [0.05, 0.1) is 14.2 Å². The average Bonchev–Trinajstić information content (AvgIpc) is 2.95. The first-order chi connectivity index (χ1) is 18.4. The van der Waals surface area contributed by atoms with Crippen LogP contribution in [0.2, 0.25) is 0 Å². The van der Waals surface area contributed by atoms with Gasteiger partial charge in [-0.1, -0.05) is 55.8 Å². The molecule has 0 aromatic heterocycles. The van der Waals surface area contributed by atoms with Gasteiger partial charge in [0.1, 0.15) is 29.1 Å². The third kappa shape index (κ3) is 8.50. The van der Waals surface area contributed by atoms with Crippen molar-refractivity contribution < 1.29 is 28.2 Å². The molecule has 0 heterocycles. The molecule has 0 saturated heterocycles. The summed E-state index contributed by atoms with van der Waals surface area (Å²) in [5.41, 5.74) is 1.61. The standard InChI is InChI=1S/C30H35FN2O5/c1-4-5-15-32-30(35)28(16-22-9-7-6-8-10-22)33(20-23-11-13-24(31)14-12-23)29(34)21-38-27-18-25(36-2)17-26(19-27)37-3/h6-14,17-19,28H,4-5,15-16,20-21H2,1-3H3,(H,32,35)/t28-/m0/s1. The van der Waals surface area contributed by atoms with E-state index in [2.05, 4.69) is 5.32 Å². The van der Waals surface area contributed by atoms with Crippen LogP contribution in [-0.2, 0) is 22.6 Å². The highest BCUT2D eigenvalue weighted by Gasteiger charge is 2.30. The minimum Gasteiger partial charge on any atom is -0.496 e. The number of carbonyl (C=O) groups is 2. The van der Waals surface area contributed by atoms with Gasteiger partial charge >= 0.3 is 0 Å². The van der Waals surface area contributed by atoms with Crippen LogP contribution in [0.3, 0.4) is 0 Å². The number of hydrogen-bond acceptors (Lipinski definition) is 5. The second-order valence-corrected chi connectivity index (χ2v) is 8.84. The van der Waals surface area contributed by atoms with E-state index >= 15 is 0 Å². The lowest BCUT2D eigenvalue weighted by molar-refractivity contribution is -0.142. The van der Waals surface area contributed by atoms with Crippen LogP contribution < -0.4 is 19.5 Å². The number of halogens is 1. The molecule has 38 heavy (non-hydrogen) atoms. The van der Waals surface area contributed by atoms with Crippen molar-refractivity contribution >= 4 is 11.8 Å². The highest BCUT2D eigenvalue weighted by Crippen LogP contribution is 2.27. The van der Waals surface area contributed by atoms with E-state index in [1.165, 1.54) is 31.3 Å². The number of unbranched alkanes of at least 4 members (excludes halogenated alkanes) is 1. The van der Waals surface area contributed by atoms with Crippen molar-refractivity contribution in [1.29, 1.82) is 0 Å². The average molecular weight is 523 g/mol. The summed E-state index contributed by atoms with van der Waals surface area (Å²) >= 11 is 0. The Morgan fingerprint density at radius 1 is 0.895 bits per heavy atom. The predicted octanol–water partition coefficient (Wildman–Crippen LogP) is 4.78. The van der Waals surface area contributed by atoms with Crippen LogP contribution in [0.15, 0.2) is 72.8 Å². The summed E-state index contributed by atoms with van der Waals surface area (Å²) in [6.45, 7) is 2.36. The molecule has 0 aliphatic heterocycles. The summed E-state index contributed by atoms with van der Waals surface area (Å²) < 4.78 is 30.0. The van der Waals surface area contributed by atoms with E-state index in [1.54, 1.807) is 30.3 Å². The molecule has 0 fully saturated rings. The number of nitrogens with one attached hydrogen (secondary N) is 1. The Kier molecular flexibility index (Phi) is 11.0. The molecule has 3 aromatic carbocycles. The summed E-state index contributed by atoms with van der Waals surface area (Å²) in [7, 11) is 3.05. The Balaban J connectivity index is 1.89. The third-order valence-corrected chi connectivity index (χ3v) is 6.05. The van der Waals surface area contributed by atoms with Gasteiger partial charge in [0, 0.05) is 37.7 Å². The van der Waals surface area contributed by atoms with Gasteiger partial charge in [-0.05, 0) is 29.7 Å². The van der Waals surface area contributed by atoms with Gasteiger partial charge in [-0.2, -0.15) is 0 Å². The van der Waals surface area contributed by atoms with Crippen molar-refractivity contribution in [2.75, 3.05) is 27.4 Å². The molecule has 0 aliphatic carbocycles. The zero-order valence-corrected chi connectivity index (χ0v) is 22.1. The first-order valence-corrected chi connectivity index (χ1v) is 12.6. The van der Waals surface area contributed by atoms with Crippen molar-refractivity contribution in [3.8, 4) is 17.2 Å². The van der Waals surface area contributed by atoms with Crippen LogP contribution in [0, 0.1) is 5.82 Å². The molecule has 0 aliphatic rings. The minimum atomic E-state index is -0.796. The van der Waals surface area contributed by atoms with Crippen molar-refractivity contribution in [2.45, 2.75) is 38.8 Å². The lowest BCUT2D eigenvalue weighted by atomic mass is 10.0. The predicted molar refractivity (Wildman–Crippen MR) is 144 cm³/mol. The van der Waals surface area contributed by atoms with E-state index in [1.807, 2.05) is 37.3 Å². The summed E-state index contributed by atoms with van der Waals surface area (Å²) in [5.74, 6) is 0.423. The fraction of sp³-hybridized carbons (Fsp3) is 0.333. The van der Waals surface area contributed by atoms with Crippen molar-refractivity contribution in [2.24, 2.45) is 0 Å². The number of nitrogens with zero attached hydrogens (tertiary/aromatic N) is 1. The molecule has 1 atom stereocenters. The highest BCUT2D eigenvalue weighted by molar-refractivity contribution is 5.88. The molecular formula is C30H35FN2O5. The van der Waals surface area contributed by atoms with E-state index in [-0.39, 0.29) is 30.8 Å². The Morgan fingerprint density at radius 3 is 2.13 bits per heavy atom. The number of hydrogen-bond donors (Lipinski definition) is 1. The Bertz CT molecular complexity index is 1150. The number of ether oxygens (including phenoxy) is 3. The fourth-order valence-corrected chi connectivity index (χ4v) is 3.94. The highest BCUT2D eigenvalue weighted by atomic mass is 19.1. The summed E-state index contributed by atoms with van der Waals surface area (Å²) in [6.07, 6.45) is 2.08. The molecule has 2 amide bonds. The van der Waals surface area contributed by atoms with E-state index < -0.39 is 6.04 Å². The molecular weight excluding hydrogens is 487 g/mol. The van der Waals surface area contributed by atoms with Crippen LogP contribution in [-0.4, -0.2) is 50.1 Å². The van der Waals surface area contributed by atoms with Crippen LogP contribution in [0.4, 0.5) is 4.39 Å². The number of rotatable bonds is 14. The van der Waals surface area contributed by atoms with Gasteiger partial charge in [0.2, 0.25) is 5.91 Å². The smallest absolute Gasteiger partial charge is 0.261 e. The first kappa shape index (κ1) is 28.5. The fourth-order valence-electron chi connectivity index (χ4n) is 3.94. The summed E-state index contributed by atoms with van der Waals surface area (Å²) in [4.78, 5) is 28.6. The lowest BCUT2D eigenvalue weighted by Crippen LogP contribution is -2.51. The maximum absolute atomic E-state index is 13.6. The van der Waals surface area contributed by atoms with Crippen LogP contribution >= 0.6 is 0 Å². The van der Waals surface area contributed by atoms with Crippen LogP contribution in [0.1, 0.15) is 30.9 Å². The molecule has 3 aromatic rings. The van der Waals surface area contributed by atoms with E-state index in [4.69, 9.17) is 14.2 Å². The minimum absolute atomic E-state index is 0.114. The van der Waals surface area contributed by atoms with Crippen LogP contribution in [0.25, 0.3) is 0 Å². The molecule has 0 bridgehead atoms. The topological polar surface area (TPSA) is 77.1 Å². The van der Waals surface area contributed by atoms with Crippen molar-refractivity contribution in [1.82, 2.24) is 10.2 Å². The number of carbonyl (C=O) groups excluding carboxylic acids is 2. The van der Waals surface area contributed by atoms with E-state index in [0.29, 0.717) is 35.8 Å². The van der Waals surface area contributed by atoms with Crippen molar-refractivity contribution in [3.63, 3.8) is 0 Å². The lowest BCUT2D eigenvalue weighted by Gasteiger charge is -2.31. The Morgan fingerprint density at radius 2 is 1.53 bits per heavy atom. The summed E-state index contributed by atoms with van der Waals surface area (Å²) in [6, 6.07) is 19.6. The third-order valence-electron chi connectivity index (χ3n) is 6.05. The molecule has 3 rings (SSSR count). The van der Waals surface area contributed by atoms with Gasteiger partial charge in [0.25, 0.3) is 5.91 Å². The quantitative estimate of drug-likeness (QED) is 0.309. The molecule has 0 saturated carbocycles. The number of benzene rings is 3. The van der Waals surface area contributed by atoms with Gasteiger partial charge in [-0.25, -0.2) is 4.39 Å².